The van der Waals surface area contributed by atoms with Gasteiger partial charge in [-0.1, -0.05) is 0 Å². The van der Waals surface area contributed by atoms with Crippen molar-refractivity contribution < 1.29 is 17.6 Å². The van der Waals surface area contributed by atoms with E-state index in [0.717, 1.165) is 0 Å². The lowest BCUT2D eigenvalue weighted by Gasteiger charge is -2.07. The van der Waals surface area contributed by atoms with Crippen molar-refractivity contribution in [2.24, 2.45) is 5.14 Å². The Bertz CT molecular complexity index is 932. The van der Waals surface area contributed by atoms with Crippen LogP contribution in [0.2, 0.25) is 0 Å². The molecule has 7 nitrogen and oxygen atoms in total. The molecule has 2 aromatic rings. The van der Waals surface area contributed by atoms with Crippen molar-refractivity contribution in [3.8, 4) is 17.4 Å². The molecule has 0 atom stereocenters. The van der Waals surface area contributed by atoms with Crippen LogP contribution in [0.25, 0.3) is 17.4 Å². The van der Waals surface area contributed by atoms with Crippen LogP contribution in [-0.4, -0.2) is 33.3 Å². The molecular weight excluding hydrogens is 330 g/mol. The van der Waals surface area contributed by atoms with Crippen LogP contribution in [0.3, 0.4) is 0 Å². The quantitative estimate of drug-likeness (QED) is 0.667. The van der Waals surface area contributed by atoms with Crippen LogP contribution < -0.4 is 5.14 Å². The standard InChI is InChI=1S/C16H15N3O4S/c1-19(2)16(20)12(10-17)9-13-5-8-15(23-13)11-3-6-14(7-4-11)24(18,21)22/h3-9H,1-2H3,(H2,18,21,22). The summed E-state index contributed by atoms with van der Waals surface area (Å²) in [6.45, 7) is 0. The third-order valence-corrected chi connectivity index (χ3v) is 4.07. The molecule has 2 rings (SSSR count). The van der Waals surface area contributed by atoms with Crippen LogP contribution in [0.5, 0.6) is 0 Å². The number of amides is 1. The summed E-state index contributed by atoms with van der Waals surface area (Å²) in [6.07, 6.45) is 1.35. The molecule has 0 aliphatic carbocycles. The summed E-state index contributed by atoms with van der Waals surface area (Å²) in [7, 11) is -0.652. The molecule has 1 aromatic carbocycles. The smallest absolute Gasteiger partial charge is 0.264 e. The van der Waals surface area contributed by atoms with E-state index in [9.17, 15) is 13.2 Å². The first-order chi connectivity index (χ1) is 11.2. The van der Waals surface area contributed by atoms with E-state index in [0.29, 0.717) is 17.1 Å². The van der Waals surface area contributed by atoms with Gasteiger partial charge < -0.3 is 9.32 Å². The minimum absolute atomic E-state index is 0.00118. The van der Waals surface area contributed by atoms with Crippen molar-refractivity contribution in [2.75, 3.05) is 14.1 Å². The van der Waals surface area contributed by atoms with Crippen molar-refractivity contribution in [2.45, 2.75) is 4.90 Å². The van der Waals surface area contributed by atoms with E-state index in [-0.39, 0.29) is 10.5 Å². The number of sulfonamides is 1. The number of hydrogen-bond acceptors (Lipinski definition) is 5. The monoisotopic (exact) mass is 345 g/mol. The summed E-state index contributed by atoms with van der Waals surface area (Å²) in [5.41, 5.74) is 0.588. The predicted molar refractivity (Wildman–Crippen MR) is 87.8 cm³/mol. The maximum absolute atomic E-state index is 11.8. The van der Waals surface area contributed by atoms with Crippen molar-refractivity contribution in [3.05, 3.63) is 47.7 Å². The van der Waals surface area contributed by atoms with E-state index in [1.165, 1.54) is 23.1 Å². The Morgan fingerprint density at radius 2 is 1.83 bits per heavy atom. The SMILES string of the molecule is CN(C)C(=O)C(C#N)=Cc1ccc(-c2ccc(S(N)(=O)=O)cc2)o1. The molecule has 0 saturated heterocycles. The molecule has 24 heavy (non-hydrogen) atoms. The average Bonchev–Trinajstić information content (AvgIpc) is 2.99. The highest BCUT2D eigenvalue weighted by molar-refractivity contribution is 7.89. The lowest BCUT2D eigenvalue weighted by Crippen LogP contribution is -2.22. The molecule has 0 bridgehead atoms. The van der Waals surface area contributed by atoms with Gasteiger partial charge >= 0.3 is 0 Å². The fourth-order valence-corrected chi connectivity index (χ4v) is 2.43. The zero-order valence-corrected chi connectivity index (χ0v) is 13.9. The van der Waals surface area contributed by atoms with Crippen LogP contribution in [-0.2, 0) is 14.8 Å². The molecule has 0 fully saturated rings. The van der Waals surface area contributed by atoms with E-state index in [2.05, 4.69) is 0 Å². The number of primary sulfonamides is 1. The number of hydrogen-bond donors (Lipinski definition) is 1. The van der Waals surface area contributed by atoms with Gasteiger partial charge in [-0.3, -0.25) is 4.79 Å². The summed E-state index contributed by atoms with van der Waals surface area (Å²) >= 11 is 0. The summed E-state index contributed by atoms with van der Waals surface area (Å²) in [5, 5.41) is 14.1. The largest absolute Gasteiger partial charge is 0.457 e. The van der Waals surface area contributed by atoms with Crippen LogP contribution in [0.15, 0.2) is 51.3 Å². The highest BCUT2D eigenvalue weighted by Gasteiger charge is 2.13. The molecular formula is C16H15N3O4S. The topological polar surface area (TPSA) is 117 Å². The summed E-state index contributed by atoms with van der Waals surface area (Å²) in [6, 6.07) is 11.0. The molecule has 0 aliphatic heterocycles. The highest BCUT2D eigenvalue weighted by atomic mass is 32.2. The number of nitrogens with two attached hydrogens (primary N) is 1. The number of likely N-dealkylation sites (N-methyl/N-ethyl adjacent to an activating group) is 1. The number of carbonyl (C=O) groups is 1. The molecule has 0 radical (unpaired) electrons. The molecule has 0 aliphatic rings. The van der Waals surface area contributed by atoms with Gasteiger partial charge in [0.25, 0.3) is 5.91 Å². The molecule has 0 unspecified atom stereocenters. The van der Waals surface area contributed by atoms with Crippen LogP contribution in [0.1, 0.15) is 5.76 Å². The van der Waals surface area contributed by atoms with Gasteiger partial charge in [-0.25, -0.2) is 13.6 Å². The van der Waals surface area contributed by atoms with Gasteiger partial charge in [-0.15, -0.1) is 0 Å². The molecule has 8 heteroatoms. The van der Waals surface area contributed by atoms with Gasteiger partial charge in [-0.05, 0) is 36.4 Å². The molecule has 124 valence electrons. The Morgan fingerprint density at radius 1 is 1.21 bits per heavy atom. The number of benzene rings is 1. The molecule has 1 aromatic heterocycles. The molecule has 0 saturated carbocycles. The van der Waals surface area contributed by atoms with E-state index in [1.807, 2.05) is 6.07 Å². The Kier molecular flexibility index (Phi) is 4.87. The fourth-order valence-electron chi connectivity index (χ4n) is 1.92. The number of nitrogens with zero attached hydrogens (tertiary/aromatic N) is 2. The first-order valence-electron chi connectivity index (χ1n) is 6.79. The lowest BCUT2D eigenvalue weighted by molar-refractivity contribution is -0.124. The van der Waals surface area contributed by atoms with Crippen molar-refractivity contribution >= 4 is 22.0 Å². The Hall–Kier alpha value is -2.89. The first kappa shape index (κ1) is 17.5. The second-order valence-corrected chi connectivity index (χ2v) is 6.70. The van der Waals surface area contributed by atoms with Crippen LogP contribution >= 0.6 is 0 Å². The number of rotatable bonds is 4. The van der Waals surface area contributed by atoms with E-state index >= 15 is 0 Å². The van der Waals surface area contributed by atoms with Crippen molar-refractivity contribution in [3.63, 3.8) is 0 Å². The third-order valence-electron chi connectivity index (χ3n) is 3.14. The van der Waals surface area contributed by atoms with Gasteiger partial charge in [-0.2, -0.15) is 5.26 Å². The third kappa shape index (κ3) is 3.90. The molecule has 1 heterocycles. The minimum Gasteiger partial charge on any atom is -0.457 e. The highest BCUT2D eigenvalue weighted by Crippen LogP contribution is 2.24. The Labute approximate surface area is 139 Å². The summed E-state index contributed by atoms with van der Waals surface area (Å²) in [5.74, 6) is 0.386. The Balaban J connectivity index is 2.31. The van der Waals surface area contributed by atoms with E-state index in [4.69, 9.17) is 14.8 Å². The van der Waals surface area contributed by atoms with Crippen LogP contribution in [0, 0.1) is 11.3 Å². The summed E-state index contributed by atoms with van der Waals surface area (Å²) < 4.78 is 28.1. The van der Waals surface area contributed by atoms with E-state index < -0.39 is 15.9 Å². The van der Waals surface area contributed by atoms with Gasteiger partial charge in [0, 0.05) is 25.7 Å². The average molecular weight is 345 g/mol. The molecule has 1 amide bonds. The predicted octanol–water partition coefficient (Wildman–Crippen LogP) is 1.59. The normalized spacial score (nSPS) is 11.8. The van der Waals surface area contributed by atoms with E-state index in [1.54, 1.807) is 38.4 Å². The zero-order valence-electron chi connectivity index (χ0n) is 13.1. The van der Waals surface area contributed by atoms with Gasteiger partial charge in [0.15, 0.2) is 0 Å². The maximum Gasteiger partial charge on any atom is 0.264 e. The first-order valence-corrected chi connectivity index (χ1v) is 8.33. The van der Waals surface area contributed by atoms with Gasteiger partial charge in [0.1, 0.15) is 23.2 Å². The number of nitriles is 1. The maximum atomic E-state index is 11.8. The van der Waals surface area contributed by atoms with Gasteiger partial charge in [0.2, 0.25) is 10.0 Å². The van der Waals surface area contributed by atoms with Gasteiger partial charge in [0.05, 0.1) is 4.90 Å². The number of furan rings is 1. The molecule has 2 N–H and O–H groups in total. The molecule has 0 spiro atoms. The lowest BCUT2D eigenvalue weighted by atomic mass is 10.2. The van der Waals surface area contributed by atoms with Crippen LogP contribution in [0.4, 0.5) is 0 Å². The van der Waals surface area contributed by atoms with Crippen molar-refractivity contribution in [1.29, 1.82) is 5.26 Å². The Morgan fingerprint density at radius 3 is 2.33 bits per heavy atom. The second kappa shape index (κ2) is 6.70. The van der Waals surface area contributed by atoms with Crippen molar-refractivity contribution in [1.82, 2.24) is 4.90 Å². The number of carbonyl (C=O) groups excluding carboxylic acids is 1. The second-order valence-electron chi connectivity index (χ2n) is 5.14. The summed E-state index contributed by atoms with van der Waals surface area (Å²) in [4.78, 5) is 13.1. The zero-order chi connectivity index (χ0) is 17.9. The minimum atomic E-state index is -3.75. The fraction of sp³-hybridized carbons (Fsp3) is 0.125.